The average Bonchev–Trinajstić information content (AvgIpc) is 2.47. The van der Waals surface area contributed by atoms with Gasteiger partial charge in [0.05, 0.1) is 0 Å². The summed E-state index contributed by atoms with van der Waals surface area (Å²) in [5.74, 6) is 0. The standard InChI is InChI=1S/C20H33.Al/c1-6-8-9-10-11-12-13-14-15-16-17-19(4)20(5)18(3)7-2;/h14-17H,6,8-13H2,1-5H3;/q;+2/b15-14+,17-16+,18-7?,20-19+;. The third-order valence-corrected chi connectivity index (χ3v) is 4.50. The van der Waals surface area contributed by atoms with Gasteiger partial charge in [-0.15, -0.1) is 0 Å². The van der Waals surface area contributed by atoms with Crippen LogP contribution in [0.5, 0.6) is 0 Å². The number of hydrogen-bond acceptors (Lipinski definition) is 0. The van der Waals surface area contributed by atoms with Crippen molar-refractivity contribution in [3.05, 3.63) is 45.5 Å². The van der Waals surface area contributed by atoms with Crippen LogP contribution >= 0.6 is 0 Å². The van der Waals surface area contributed by atoms with Crippen LogP contribution in [-0.4, -0.2) is 16.3 Å². The summed E-state index contributed by atoms with van der Waals surface area (Å²) in [4.78, 5) is 0. The fraction of sp³-hybridized carbons (Fsp3) is 0.600. The molecule has 0 aromatic carbocycles. The first-order valence-electron chi connectivity index (χ1n) is 8.44. The first-order chi connectivity index (χ1) is 10.0. The normalized spacial score (nSPS) is 14.8. The van der Waals surface area contributed by atoms with Crippen LogP contribution in [0, 0.1) is 0 Å². The molecule has 0 aliphatic carbocycles. The van der Waals surface area contributed by atoms with Crippen molar-refractivity contribution in [1.29, 1.82) is 0 Å². The monoisotopic (exact) mass is 300 g/mol. The Morgan fingerprint density at radius 2 is 1.43 bits per heavy atom. The molecule has 0 aromatic rings. The zero-order valence-corrected chi connectivity index (χ0v) is 16.0. The van der Waals surface area contributed by atoms with E-state index in [9.17, 15) is 0 Å². The minimum atomic E-state index is 1.21. The van der Waals surface area contributed by atoms with E-state index in [1.807, 2.05) is 0 Å². The number of rotatable bonds is 10. The Balaban J connectivity index is 4.02. The van der Waals surface area contributed by atoms with E-state index in [4.69, 9.17) is 0 Å². The van der Waals surface area contributed by atoms with Gasteiger partial charge in [0.15, 0.2) is 0 Å². The Bertz CT molecular complexity index is 390. The molecular weight excluding hydrogens is 267 g/mol. The van der Waals surface area contributed by atoms with Gasteiger partial charge in [-0.2, -0.15) is 0 Å². The second kappa shape index (κ2) is 13.2. The van der Waals surface area contributed by atoms with Crippen LogP contribution in [-0.2, 0) is 0 Å². The van der Waals surface area contributed by atoms with Gasteiger partial charge in [-0.3, -0.25) is 0 Å². The van der Waals surface area contributed by atoms with Crippen molar-refractivity contribution in [3.63, 3.8) is 0 Å². The van der Waals surface area contributed by atoms with Gasteiger partial charge in [-0.1, -0.05) is 26.2 Å². The molecule has 21 heavy (non-hydrogen) atoms. The molecule has 0 atom stereocenters. The number of hydrogen-bond donors (Lipinski definition) is 0. The van der Waals surface area contributed by atoms with Crippen LogP contribution in [0.25, 0.3) is 0 Å². The fourth-order valence-electron chi connectivity index (χ4n) is 2.13. The quantitative estimate of drug-likeness (QED) is 0.241. The molecule has 0 N–H and O–H groups in total. The van der Waals surface area contributed by atoms with Crippen molar-refractivity contribution < 1.29 is 0 Å². The maximum atomic E-state index is 2.79. The van der Waals surface area contributed by atoms with Gasteiger partial charge in [0.2, 0.25) is 0 Å². The van der Waals surface area contributed by atoms with Crippen molar-refractivity contribution in [2.75, 3.05) is 0 Å². The van der Waals surface area contributed by atoms with E-state index in [0.717, 1.165) is 0 Å². The summed E-state index contributed by atoms with van der Waals surface area (Å²) in [5.41, 5.74) is 4.10. The Labute approximate surface area is 141 Å². The van der Waals surface area contributed by atoms with Crippen LogP contribution < -0.4 is 0 Å². The third kappa shape index (κ3) is 10.8. The van der Waals surface area contributed by atoms with E-state index >= 15 is 0 Å². The Kier molecular flexibility index (Phi) is 12.9. The van der Waals surface area contributed by atoms with E-state index in [0.29, 0.717) is 0 Å². The topological polar surface area (TPSA) is 0 Å². The van der Waals surface area contributed by atoms with Gasteiger partial charge in [0, 0.05) is 0 Å². The maximum absolute atomic E-state index is 2.79. The SMILES string of the molecule is CCCCCCCC/C=C/C=C/C(C)=C(C)/C(C)=[C](\C)[Al+2]. The van der Waals surface area contributed by atoms with Gasteiger partial charge in [-0.05, 0) is 0 Å². The number of allylic oxidation sites excluding steroid dienone is 8. The fourth-order valence-corrected chi connectivity index (χ4v) is 2.35. The summed E-state index contributed by atoms with van der Waals surface area (Å²) in [6, 6.07) is 0. The van der Waals surface area contributed by atoms with Crippen molar-refractivity contribution >= 4 is 16.3 Å². The predicted octanol–water partition coefficient (Wildman–Crippen LogP) is 6.65. The zero-order valence-electron chi connectivity index (χ0n) is 14.8. The molecule has 0 rings (SSSR count). The summed E-state index contributed by atoms with van der Waals surface area (Å²) in [6.07, 6.45) is 18.3. The molecular formula is C20H33Al+2. The molecule has 0 saturated carbocycles. The van der Waals surface area contributed by atoms with Gasteiger partial charge in [0.1, 0.15) is 0 Å². The Hall–Kier alpha value is -0.508. The summed E-state index contributed by atoms with van der Waals surface area (Å²) in [7, 11) is 0. The van der Waals surface area contributed by atoms with E-state index in [1.165, 1.54) is 66.1 Å². The van der Waals surface area contributed by atoms with Gasteiger partial charge < -0.3 is 0 Å². The van der Waals surface area contributed by atoms with Crippen LogP contribution in [0.2, 0.25) is 0 Å². The second-order valence-corrected chi connectivity index (χ2v) is 6.83. The molecule has 0 amide bonds. The van der Waals surface area contributed by atoms with Crippen LogP contribution in [0.1, 0.15) is 79.6 Å². The van der Waals surface area contributed by atoms with E-state index in [1.54, 1.807) is 0 Å². The van der Waals surface area contributed by atoms with Gasteiger partial charge in [-0.25, -0.2) is 0 Å². The summed E-state index contributed by atoms with van der Waals surface area (Å²) >= 11 is 2.79. The summed E-state index contributed by atoms with van der Waals surface area (Å²) in [5, 5.41) is 0. The molecule has 0 fully saturated rings. The van der Waals surface area contributed by atoms with Crippen molar-refractivity contribution in [2.45, 2.75) is 79.6 Å². The van der Waals surface area contributed by atoms with Crippen molar-refractivity contribution in [2.24, 2.45) is 0 Å². The molecule has 0 bridgehead atoms. The molecule has 0 aliphatic heterocycles. The molecule has 0 saturated heterocycles. The minimum absolute atomic E-state index is 1.21. The van der Waals surface area contributed by atoms with Crippen LogP contribution in [0.4, 0.5) is 0 Å². The molecule has 0 unspecified atom stereocenters. The first kappa shape index (κ1) is 20.5. The zero-order chi connectivity index (χ0) is 16.1. The van der Waals surface area contributed by atoms with E-state index in [2.05, 4.69) is 75.2 Å². The number of unbranched alkanes of at least 4 members (excludes halogenated alkanes) is 6. The second-order valence-electron chi connectivity index (χ2n) is 5.96. The van der Waals surface area contributed by atoms with Gasteiger partial charge in [0.25, 0.3) is 0 Å². The summed E-state index contributed by atoms with van der Waals surface area (Å²) < 4.78 is 1.32. The third-order valence-electron chi connectivity index (χ3n) is 4.06. The van der Waals surface area contributed by atoms with Crippen molar-refractivity contribution in [1.82, 2.24) is 0 Å². The first-order valence-corrected chi connectivity index (χ1v) is 9.02. The van der Waals surface area contributed by atoms with E-state index in [-0.39, 0.29) is 0 Å². The van der Waals surface area contributed by atoms with Gasteiger partial charge >= 0.3 is 115 Å². The van der Waals surface area contributed by atoms with Crippen LogP contribution in [0.3, 0.4) is 0 Å². The molecule has 114 valence electrons. The molecule has 1 heteroatoms. The molecule has 0 spiro atoms. The van der Waals surface area contributed by atoms with Crippen molar-refractivity contribution in [3.8, 4) is 0 Å². The molecule has 0 radical (unpaired) electrons. The Morgan fingerprint density at radius 3 is 2.05 bits per heavy atom. The Morgan fingerprint density at radius 1 is 0.810 bits per heavy atom. The molecule has 0 heterocycles. The van der Waals surface area contributed by atoms with Crippen LogP contribution in [0.15, 0.2) is 45.5 Å². The van der Waals surface area contributed by atoms with E-state index < -0.39 is 0 Å². The predicted molar refractivity (Wildman–Crippen MR) is 98.8 cm³/mol. The average molecular weight is 300 g/mol. The molecule has 0 aromatic heterocycles. The molecule has 0 aliphatic rings. The molecule has 0 nitrogen and oxygen atoms in total. The summed E-state index contributed by atoms with van der Waals surface area (Å²) in [6.45, 7) is 11.0.